The highest BCUT2D eigenvalue weighted by Crippen LogP contribution is 2.27. The van der Waals surface area contributed by atoms with Gasteiger partial charge in [0.25, 0.3) is 0 Å². The first-order valence-electron chi connectivity index (χ1n) is 10.7. The summed E-state index contributed by atoms with van der Waals surface area (Å²) in [5.41, 5.74) is 7.27. The molecule has 1 aliphatic carbocycles. The minimum Gasteiger partial charge on any atom is -0.326 e. The monoisotopic (exact) mass is 407 g/mol. The van der Waals surface area contributed by atoms with Gasteiger partial charge in [0, 0.05) is 30.4 Å². The van der Waals surface area contributed by atoms with Crippen molar-refractivity contribution in [2.45, 2.75) is 59.9 Å². The van der Waals surface area contributed by atoms with Gasteiger partial charge < -0.3 is 10.6 Å². The Bertz CT molecular complexity index is 924. The third-order valence-corrected chi connectivity index (χ3v) is 5.64. The molecule has 30 heavy (non-hydrogen) atoms. The Morgan fingerprint density at radius 1 is 0.867 bits per heavy atom. The van der Waals surface area contributed by atoms with E-state index in [1.165, 1.54) is 5.56 Å². The standard InChI is InChI=1S/C25H33N3O2/c1-16-6-7-18(3)22(14-16)26-24(30)15-28(21-8-9-21)11-10-23(29)27-25-19(4)12-17(2)13-20(25)5/h6-7,12-14,21H,8-11,15H2,1-5H3,(H,26,30)(H,27,29). The van der Waals surface area contributed by atoms with E-state index in [4.69, 9.17) is 0 Å². The van der Waals surface area contributed by atoms with E-state index in [0.717, 1.165) is 46.5 Å². The highest BCUT2D eigenvalue weighted by Gasteiger charge is 2.30. The van der Waals surface area contributed by atoms with Crippen LogP contribution in [0.15, 0.2) is 30.3 Å². The van der Waals surface area contributed by atoms with Crippen molar-refractivity contribution in [3.63, 3.8) is 0 Å². The summed E-state index contributed by atoms with van der Waals surface area (Å²) < 4.78 is 0. The van der Waals surface area contributed by atoms with Crippen molar-refractivity contribution in [3.05, 3.63) is 58.1 Å². The number of amides is 2. The summed E-state index contributed by atoms with van der Waals surface area (Å²) in [5.74, 6) is -0.0353. The Hall–Kier alpha value is -2.66. The maximum absolute atomic E-state index is 12.6. The molecule has 160 valence electrons. The first kappa shape index (κ1) is 22.0. The Morgan fingerprint density at radius 2 is 1.53 bits per heavy atom. The number of anilines is 2. The maximum atomic E-state index is 12.6. The zero-order chi connectivity index (χ0) is 21.8. The number of carbonyl (C=O) groups is 2. The van der Waals surface area contributed by atoms with E-state index in [1.807, 2.05) is 45.9 Å². The summed E-state index contributed by atoms with van der Waals surface area (Å²) in [5, 5.41) is 6.09. The first-order valence-corrected chi connectivity index (χ1v) is 10.7. The van der Waals surface area contributed by atoms with Crippen LogP contribution in [-0.2, 0) is 9.59 Å². The fraction of sp³-hybridized carbons (Fsp3) is 0.440. The van der Waals surface area contributed by atoms with Gasteiger partial charge in [0.05, 0.1) is 6.54 Å². The molecule has 5 heteroatoms. The Morgan fingerprint density at radius 3 is 2.17 bits per heavy atom. The SMILES string of the molecule is Cc1cc(C)c(NC(=O)CCN(CC(=O)Nc2cc(C)ccc2C)C2CC2)c(C)c1. The van der Waals surface area contributed by atoms with Crippen molar-refractivity contribution in [1.82, 2.24) is 4.90 Å². The summed E-state index contributed by atoms with van der Waals surface area (Å²) in [4.78, 5) is 27.3. The van der Waals surface area contributed by atoms with Crippen LogP contribution in [0, 0.1) is 34.6 Å². The average molecular weight is 408 g/mol. The smallest absolute Gasteiger partial charge is 0.238 e. The molecule has 1 fully saturated rings. The first-order chi connectivity index (χ1) is 14.2. The van der Waals surface area contributed by atoms with Crippen LogP contribution in [0.4, 0.5) is 11.4 Å². The number of hydrogen-bond acceptors (Lipinski definition) is 3. The predicted octanol–water partition coefficient (Wildman–Crippen LogP) is 4.66. The fourth-order valence-electron chi connectivity index (χ4n) is 3.90. The molecule has 1 aliphatic rings. The molecule has 0 spiro atoms. The molecule has 1 saturated carbocycles. The van der Waals surface area contributed by atoms with Crippen LogP contribution < -0.4 is 10.6 Å². The van der Waals surface area contributed by atoms with E-state index in [1.54, 1.807) is 0 Å². The second kappa shape index (κ2) is 9.43. The third-order valence-electron chi connectivity index (χ3n) is 5.64. The Kier molecular flexibility index (Phi) is 6.93. The number of carbonyl (C=O) groups excluding carboxylic acids is 2. The van der Waals surface area contributed by atoms with Gasteiger partial charge >= 0.3 is 0 Å². The highest BCUT2D eigenvalue weighted by atomic mass is 16.2. The van der Waals surface area contributed by atoms with Crippen LogP contribution >= 0.6 is 0 Å². The molecule has 0 bridgehead atoms. The van der Waals surface area contributed by atoms with Gasteiger partial charge in [0.15, 0.2) is 0 Å². The largest absolute Gasteiger partial charge is 0.326 e. The molecule has 0 aliphatic heterocycles. The van der Waals surface area contributed by atoms with Gasteiger partial charge in [-0.05, 0) is 75.8 Å². The van der Waals surface area contributed by atoms with Crippen molar-refractivity contribution >= 4 is 23.2 Å². The number of benzene rings is 2. The van der Waals surface area contributed by atoms with E-state index in [0.29, 0.717) is 25.6 Å². The minimum absolute atomic E-state index is 0.00867. The molecule has 2 aromatic rings. The van der Waals surface area contributed by atoms with Crippen LogP contribution in [0.1, 0.15) is 47.1 Å². The third kappa shape index (κ3) is 5.92. The van der Waals surface area contributed by atoms with E-state index in [-0.39, 0.29) is 11.8 Å². The lowest BCUT2D eigenvalue weighted by molar-refractivity contribution is -0.119. The minimum atomic E-state index is -0.0266. The number of hydrogen-bond donors (Lipinski definition) is 2. The van der Waals surface area contributed by atoms with E-state index < -0.39 is 0 Å². The van der Waals surface area contributed by atoms with Crippen molar-refractivity contribution in [2.24, 2.45) is 0 Å². The zero-order valence-corrected chi connectivity index (χ0v) is 18.8. The molecule has 2 amide bonds. The van der Waals surface area contributed by atoms with Gasteiger partial charge in [-0.1, -0.05) is 29.8 Å². The average Bonchev–Trinajstić information content (AvgIpc) is 3.50. The van der Waals surface area contributed by atoms with Gasteiger partial charge in [-0.15, -0.1) is 0 Å². The van der Waals surface area contributed by atoms with E-state index in [9.17, 15) is 9.59 Å². The summed E-state index contributed by atoms with van der Waals surface area (Å²) >= 11 is 0. The zero-order valence-electron chi connectivity index (χ0n) is 18.8. The summed E-state index contributed by atoms with van der Waals surface area (Å²) in [6, 6.07) is 10.6. The fourth-order valence-corrected chi connectivity index (χ4v) is 3.90. The van der Waals surface area contributed by atoms with Gasteiger partial charge in [0.2, 0.25) is 11.8 Å². The number of nitrogens with zero attached hydrogens (tertiary/aromatic N) is 1. The molecule has 2 N–H and O–H groups in total. The van der Waals surface area contributed by atoms with E-state index in [2.05, 4.69) is 34.6 Å². The summed E-state index contributed by atoms with van der Waals surface area (Å²) in [6.45, 7) is 11.0. The van der Waals surface area contributed by atoms with Crippen molar-refractivity contribution in [3.8, 4) is 0 Å². The molecule has 0 unspecified atom stereocenters. The van der Waals surface area contributed by atoms with Crippen molar-refractivity contribution in [2.75, 3.05) is 23.7 Å². The van der Waals surface area contributed by atoms with Crippen LogP contribution in [0.3, 0.4) is 0 Å². The molecule has 0 saturated heterocycles. The van der Waals surface area contributed by atoms with Gasteiger partial charge in [0.1, 0.15) is 0 Å². The lowest BCUT2D eigenvalue weighted by Crippen LogP contribution is -2.37. The van der Waals surface area contributed by atoms with Crippen LogP contribution in [0.25, 0.3) is 0 Å². The number of aryl methyl sites for hydroxylation is 5. The molecule has 0 heterocycles. The van der Waals surface area contributed by atoms with Crippen molar-refractivity contribution in [1.29, 1.82) is 0 Å². The number of rotatable bonds is 8. The van der Waals surface area contributed by atoms with Crippen molar-refractivity contribution < 1.29 is 9.59 Å². The molecule has 0 radical (unpaired) electrons. The van der Waals surface area contributed by atoms with E-state index >= 15 is 0 Å². The summed E-state index contributed by atoms with van der Waals surface area (Å²) in [6.07, 6.45) is 2.56. The van der Waals surface area contributed by atoms with Gasteiger partial charge in [-0.2, -0.15) is 0 Å². The van der Waals surface area contributed by atoms with Gasteiger partial charge in [-0.3, -0.25) is 14.5 Å². The summed E-state index contributed by atoms with van der Waals surface area (Å²) in [7, 11) is 0. The molecular weight excluding hydrogens is 374 g/mol. The number of nitrogens with one attached hydrogen (secondary N) is 2. The van der Waals surface area contributed by atoms with Crippen LogP contribution in [-0.4, -0.2) is 35.8 Å². The second-order valence-electron chi connectivity index (χ2n) is 8.64. The highest BCUT2D eigenvalue weighted by molar-refractivity contribution is 5.94. The molecular formula is C25H33N3O2. The molecule has 0 aromatic heterocycles. The Balaban J connectivity index is 1.55. The second-order valence-corrected chi connectivity index (χ2v) is 8.64. The predicted molar refractivity (Wildman–Crippen MR) is 123 cm³/mol. The van der Waals surface area contributed by atoms with Crippen LogP contribution in [0.5, 0.6) is 0 Å². The maximum Gasteiger partial charge on any atom is 0.238 e. The molecule has 2 aromatic carbocycles. The molecule has 5 nitrogen and oxygen atoms in total. The Labute approximate surface area is 179 Å². The quantitative estimate of drug-likeness (QED) is 0.669. The molecule has 0 atom stereocenters. The van der Waals surface area contributed by atoms with Gasteiger partial charge in [-0.25, -0.2) is 0 Å². The lowest BCUT2D eigenvalue weighted by Gasteiger charge is -2.22. The molecule has 3 rings (SSSR count). The topological polar surface area (TPSA) is 61.4 Å². The van der Waals surface area contributed by atoms with Crippen LogP contribution in [0.2, 0.25) is 0 Å². The lowest BCUT2D eigenvalue weighted by atomic mass is 10.0. The normalized spacial score (nSPS) is 13.4.